The minimum Gasteiger partial charge on any atom is -0.467 e. The molecule has 0 unspecified atom stereocenters. The second kappa shape index (κ2) is 5.19. The predicted molar refractivity (Wildman–Crippen MR) is 67.7 cm³/mol. The fourth-order valence-corrected chi connectivity index (χ4v) is 2.00. The summed E-state index contributed by atoms with van der Waals surface area (Å²) in [5.41, 5.74) is 3.36. The number of nitrogens with zero attached hydrogens (tertiary/aromatic N) is 2. The van der Waals surface area contributed by atoms with Crippen LogP contribution in [0, 0.1) is 6.92 Å². The Hall–Kier alpha value is -1.55. The average Bonchev–Trinajstić information content (AvgIpc) is 2.86. The van der Waals surface area contributed by atoms with Crippen LogP contribution in [0.4, 0.5) is 0 Å². The standard InChI is InChI=1S/C13H19N3O/c1-4-6-16-9-12(10(2)15-16)11-5-7-17-13(11)8-14-3/h5,7,9,14H,4,6,8H2,1-3H3. The number of hydrogen-bond acceptors (Lipinski definition) is 3. The number of aromatic nitrogens is 2. The fourth-order valence-electron chi connectivity index (χ4n) is 2.00. The summed E-state index contributed by atoms with van der Waals surface area (Å²) < 4.78 is 7.48. The van der Waals surface area contributed by atoms with Crippen molar-refractivity contribution in [2.24, 2.45) is 0 Å². The normalized spacial score (nSPS) is 11.0. The van der Waals surface area contributed by atoms with E-state index >= 15 is 0 Å². The van der Waals surface area contributed by atoms with Gasteiger partial charge >= 0.3 is 0 Å². The first-order valence-electron chi connectivity index (χ1n) is 6.01. The van der Waals surface area contributed by atoms with E-state index in [2.05, 4.69) is 23.5 Å². The van der Waals surface area contributed by atoms with Crippen molar-refractivity contribution in [2.75, 3.05) is 7.05 Å². The van der Waals surface area contributed by atoms with E-state index in [9.17, 15) is 0 Å². The molecule has 0 atom stereocenters. The highest BCUT2D eigenvalue weighted by Crippen LogP contribution is 2.27. The summed E-state index contributed by atoms with van der Waals surface area (Å²) in [5, 5.41) is 7.62. The number of furan rings is 1. The molecule has 0 aliphatic heterocycles. The number of aryl methyl sites for hydroxylation is 2. The van der Waals surface area contributed by atoms with Crippen molar-refractivity contribution in [3.8, 4) is 11.1 Å². The van der Waals surface area contributed by atoms with E-state index in [0.717, 1.165) is 42.1 Å². The Bertz CT molecular complexity index is 485. The molecule has 0 fully saturated rings. The van der Waals surface area contributed by atoms with Crippen LogP contribution in [-0.4, -0.2) is 16.8 Å². The zero-order chi connectivity index (χ0) is 12.3. The van der Waals surface area contributed by atoms with Gasteiger partial charge in [-0.3, -0.25) is 4.68 Å². The van der Waals surface area contributed by atoms with Crippen LogP contribution < -0.4 is 5.32 Å². The third-order valence-electron chi connectivity index (χ3n) is 2.77. The highest BCUT2D eigenvalue weighted by molar-refractivity contribution is 5.66. The molecule has 0 aliphatic carbocycles. The summed E-state index contributed by atoms with van der Waals surface area (Å²) in [6, 6.07) is 2.01. The molecule has 0 amide bonds. The Morgan fingerprint density at radius 2 is 2.24 bits per heavy atom. The number of rotatable bonds is 5. The van der Waals surface area contributed by atoms with Crippen molar-refractivity contribution in [1.29, 1.82) is 0 Å². The Labute approximate surface area is 102 Å². The first-order valence-corrected chi connectivity index (χ1v) is 6.01. The molecular formula is C13H19N3O. The zero-order valence-electron chi connectivity index (χ0n) is 10.7. The summed E-state index contributed by atoms with van der Waals surface area (Å²) in [7, 11) is 1.92. The molecule has 2 heterocycles. The average molecular weight is 233 g/mol. The molecule has 2 aromatic rings. The molecular weight excluding hydrogens is 214 g/mol. The van der Waals surface area contributed by atoms with Crippen LogP contribution in [0.1, 0.15) is 24.8 Å². The summed E-state index contributed by atoms with van der Waals surface area (Å²) in [6.45, 7) is 5.89. The van der Waals surface area contributed by atoms with Crippen molar-refractivity contribution < 1.29 is 4.42 Å². The van der Waals surface area contributed by atoms with Gasteiger partial charge in [-0.15, -0.1) is 0 Å². The molecule has 1 N–H and O–H groups in total. The molecule has 0 saturated carbocycles. The summed E-state index contributed by atoms with van der Waals surface area (Å²) in [6.07, 6.45) is 4.93. The monoisotopic (exact) mass is 233 g/mol. The SMILES string of the molecule is CCCn1cc(-c2ccoc2CNC)c(C)n1. The van der Waals surface area contributed by atoms with E-state index in [-0.39, 0.29) is 0 Å². The topological polar surface area (TPSA) is 43.0 Å². The highest BCUT2D eigenvalue weighted by Gasteiger charge is 2.13. The van der Waals surface area contributed by atoms with Crippen molar-refractivity contribution in [3.05, 3.63) is 30.0 Å². The summed E-state index contributed by atoms with van der Waals surface area (Å²) in [4.78, 5) is 0. The van der Waals surface area contributed by atoms with Crippen LogP contribution >= 0.6 is 0 Å². The molecule has 17 heavy (non-hydrogen) atoms. The third kappa shape index (κ3) is 2.42. The molecule has 92 valence electrons. The van der Waals surface area contributed by atoms with Crippen LogP contribution in [0.25, 0.3) is 11.1 Å². The maximum absolute atomic E-state index is 5.48. The van der Waals surface area contributed by atoms with E-state index in [0.29, 0.717) is 0 Å². The Balaban J connectivity index is 2.34. The van der Waals surface area contributed by atoms with Crippen LogP contribution in [0.2, 0.25) is 0 Å². The molecule has 2 rings (SSSR count). The van der Waals surface area contributed by atoms with Crippen LogP contribution in [0.15, 0.2) is 22.9 Å². The van der Waals surface area contributed by atoms with Gasteiger partial charge in [0.1, 0.15) is 5.76 Å². The van der Waals surface area contributed by atoms with Gasteiger partial charge in [-0.1, -0.05) is 6.92 Å². The number of hydrogen-bond donors (Lipinski definition) is 1. The summed E-state index contributed by atoms with van der Waals surface area (Å²) in [5.74, 6) is 0.964. The van der Waals surface area contributed by atoms with Gasteiger partial charge in [-0.05, 0) is 26.5 Å². The van der Waals surface area contributed by atoms with Crippen molar-refractivity contribution in [2.45, 2.75) is 33.4 Å². The molecule has 0 radical (unpaired) electrons. The van der Waals surface area contributed by atoms with Gasteiger partial charge in [0.05, 0.1) is 18.5 Å². The molecule has 2 aromatic heterocycles. The molecule has 0 aromatic carbocycles. The van der Waals surface area contributed by atoms with Crippen molar-refractivity contribution in [1.82, 2.24) is 15.1 Å². The highest BCUT2D eigenvalue weighted by atomic mass is 16.3. The lowest BCUT2D eigenvalue weighted by Crippen LogP contribution is -2.04. The predicted octanol–water partition coefficient (Wildman–Crippen LogP) is 2.58. The Kier molecular flexibility index (Phi) is 3.64. The maximum Gasteiger partial charge on any atom is 0.125 e. The first-order chi connectivity index (χ1) is 8.26. The second-order valence-corrected chi connectivity index (χ2v) is 4.18. The van der Waals surface area contributed by atoms with Crippen molar-refractivity contribution in [3.63, 3.8) is 0 Å². The van der Waals surface area contributed by atoms with Crippen molar-refractivity contribution >= 4 is 0 Å². The number of nitrogens with one attached hydrogen (secondary N) is 1. The second-order valence-electron chi connectivity index (χ2n) is 4.18. The van der Waals surface area contributed by atoms with E-state index in [1.807, 2.05) is 24.7 Å². The van der Waals surface area contributed by atoms with Gasteiger partial charge in [0, 0.05) is 23.9 Å². The van der Waals surface area contributed by atoms with E-state index in [1.165, 1.54) is 0 Å². The van der Waals surface area contributed by atoms with Crippen LogP contribution in [0.5, 0.6) is 0 Å². The van der Waals surface area contributed by atoms with Gasteiger partial charge in [0.25, 0.3) is 0 Å². The van der Waals surface area contributed by atoms with Gasteiger partial charge in [-0.25, -0.2) is 0 Å². The quantitative estimate of drug-likeness (QED) is 0.863. The van der Waals surface area contributed by atoms with E-state index in [4.69, 9.17) is 4.42 Å². The summed E-state index contributed by atoms with van der Waals surface area (Å²) >= 11 is 0. The lowest BCUT2D eigenvalue weighted by molar-refractivity contribution is 0.496. The third-order valence-corrected chi connectivity index (χ3v) is 2.77. The molecule has 0 bridgehead atoms. The molecule has 4 heteroatoms. The van der Waals surface area contributed by atoms with Gasteiger partial charge in [0.2, 0.25) is 0 Å². The lowest BCUT2D eigenvalue weighted by atomic mass is 10.1. The smallest absolute Gasteiger partial charge is 0.125 e. The van der Waals surface area contributed by atoms with Gasteiger partial charge in [0.15, 0.2) is 0 Å². The van der Waals surface area contributed by atoms with Gasteiger partial charge in [-0.2, -0.15) is 5.10 Å². The minimum absolute atomic E-state index is 0.737. The first kappa shape index (κ1) is 11.9. The molecule has 0 aliphatic rings. The molecule has 4 nitrogen and oxygen atoms in total. The Morgan fingerprint density at radius 1 is 1.41 bits per heavy atom. The van der Waals surface area contributed by atoms with Crippen LogP contribution in [-0.2, 0) is 13.1 Å². The molecule has 0 spiro atoms. The zero-order valence-corrected chi connectivity index (χ0v) is 10.7. The molecule has 0 saturated heterocycles. The minimum atomic E-state index is 0.737. The largest absolute Gasteiger partial charge is 0.467 e. The lowest BCUT2D eigenvalue weighted by Gasteiger charge is -2.00. The van der Waals surface area contributed by atoms with Gasteiger partial charge < -0.3 is 9.73 Å². The van der Waals surface area contributed by atoms with E-state index < -0.39 is 0 Å². The van der Waals surface area contributed by atoms with Crippen LogP contribution in [0.3, 0.4) is 0 Å². The maximum atomic E-state index is 5.48. The van der Waals surface area contributed by atoms with E-state index in [1.54, 1.807) is 6.26 Å². The fraction of sp³-hybridized carbons (Fsp3) is 0.462. The Morgan fingerprint density at radius 3 is 2.94 bits per heavy atom.